The van der Waals surface area contributed by atoms with Gasteiger partial charge in [0.25, 0.3) is 0 Å². The Hall–Kier alpha value is -1.65. The first-order valence-corrected chi connectivity index (χ1v) is 8.84. The summed E-state index contributed by atoms with van der Waals surface area (Å²) in [5.74, 6) is -1.83. The summed E-state index contributed by atoms with van der Waals surface area (Å²) in [6.07, 6.45) is 3.52. The zero-order valence-corrected chi connectivity index (χ0v) is 15.6. The topological polar surface area (TPSA) is 69.7 Å². The number of esters is 2. The number of carbonyl (C=O) groups excluding carboxylic acids is 3. The van der Waals surface area contributed by atoms with Crippen molar-refractivity contribution >= 4 is 17.7 Å². The van der Waals surface area contributed by atoms with Gasteiger partial charge in [0.2, 0.25) is 0 Å². The smallest absolute Gasteiger partial charge is 0.341 e. The van der Waals surface area contributed by atoms with Crippen LogP contribution in [0.25, 0.3) is 0 Å². The highest BCUT2D eigenvalue weighted by molar-refractivity contribution is 6.19. The Morgan fingerprint density at radius 1 is 1.08 bits per heavy atom. The molecule has 0 radical (unpaired) electrons. The second-order valence-electron chi connectivity index (χ2n) is 7.09. The molecule has 0 amide bonds. The third-order valence-electron chi connectivity index (χ3n) is 4.42. The molecule has 0 spiro atoms. The van der Waals surface area contributed by atoms with Crippen molar-refractivity contribution in [2.24, 2.45) is 11.3 Å². The Labute approximate surface area is 144 Å². The lowest BCUT2D eigenvalue weighted by atomic mass is 9.66. The van der Waals surface area contributed by atoms with Crippen molar-refractivity contribution < 1.29 is 23.9 Å². The minimum absolute atomic E-state index is 0.0304. The lowest BCUT2D eigenvalue weighted by Gasteiger charge is -2.37. The molecular formula is C19H30O5. The van der Waals surface area contributed by atoms with Gasteiger partial charge in [-0.1, -0.05) is 40.5 Å². The fraction of sp³-hybridized carbons (Fsp3) is 0.737. The number of unbranched alkanes of at least 4 members (excludes halogenated alkanes) is 2. The van der Waals surface area contributed by atoms with Gasteiger partial charge in [-0.15, -0.1) is 0 Å². The molecule has 0 aromatic carbocycles. The largest absolute Gasteiger partial charge is 0.465 e. The molecule has 0 saturated heterocycles. The molecule has 1 unspecified atom stereocenters. The summed E-state index contributed by atoms with van der Waals surface area (Å²) in [7, 11) is 0. The zero-order valence-electron chi connectivity index (χ0n) is 15.6. The molecule has 0 aliphatic heterocycles. The summed E-state index contributed by atoms with van der Waals surface area (Å²) >= 11 is 0. The highest BCUT2D eigenvalue weighted by Gasteiger charge is 2.46. The molecule has 5 nitrogen and oxygen atoms in total. The van der Waals surface area contributed by atoms with Crippen LogP contribution < -0.4 is 0 Å². The quantitative estimate of drug-likeness (QED) is 0.384. The van der Waals surface area contributed by atoms with Crippen molar-refractivity contribution in [1.29, 1.82) is 0 Å². The molecule has 1 rings (SSSR count). The maximum atomic E-state index is 12.5. The summed E-state index contributed by atoms with van der Waals surface area (Å²) in [5.41, 5.74) is -0.0698. The van der Waals surface area contributed by atoms with Crippen LogP contribution in [0.3, 0.4) is 0 Å². The van der Waals surface area contributed by atoms with E-state index in [1.54, 1.807) is 6.92 Å². The predicted octanol–water partition coefficient (Wildman–Crippen LogP) is 3.60. The molecule has 0 bridgehead atoms. The van der Waals surface area contributed by atoms with Gasteiger partial charge in [0, 0.05) is 6.42 Å². The summed E-state index contributed by atoms with van der Waals surface area (Å²) in [5, 5.41) is 0. The van der Waals surface area contributed by atoms with E-state index in [0.29, 0.717) is 12.2 Å². The molecule has 0 N–H and O–H groups in total. The van der Waals surface area contributed by atoms with Crippen molar-refractivity contribution in [3.63, 3.8) is 0 Å². The summed E-state index contributed by atoms with van der Waals surface area (Å²) in [6, 6.07) is 0. The zero-order chi connectivity index (χ0) is 18.3. The highest BCUT2D eigenvalue weighted by atomic mass is 16.5. The first-order valence-electron chi connectivity index (χ1n) is 8.84. The molecule has 0 aromatic rings. The van der Waals surface area contributed by atoms with E-state index in [-0.39, 0.29) is 30.4 Å². The number of rotatable bonds is 8. The maximum absolute atomic E-state index is 12.5. The van der Waals surface area contributed by atoms with Crippen molar-refractivity contribution in [3.05, 3.63) is 11.1 Å². The molecule has 136 valence electrons. The van der Waals surface area contributed by atoms with Gasteiger partial charge in [0.15, 0.2) is 5.78 Å². The number of hydrogen-bond acceptors (Lipinski definition) is 5. The molecule has 0 fully saturated rings. The van der Waals surface area contributed by atoms with Gasteiger partial charge in [0.1, 0.15) is 5.57 Å². The predicted molar refractivity (Wildman–Crippen MR) is 91.3 cm³/mol. The standard InChI is InChI=1S/C19H30O5/c1-6-8-10-23-17(21)15-13(3)16(18(22)24-11-9-7-2)19(4,5)12-14(15)20/h16H,6-12H2,1-5H3. The van der Waals surface area contributed by atoms with Gasteiger partial charge in [-0.2, -0.15) is 0 Å². The fourth-order valence-corrected chi connectivity index (χ4v) is 3.11. The molecule has 0 heterocycles. The van der Waals surface area contributed by atoms with Crippen LogP contribution in [-0.4, -0.2) is 30.9 Å². The van der Waals surface area contributed by atoms with E-state index in [1.807, 2.05) is 27.7 Å². The average Bonchev–Trinajstić information content (AvgIpc) is 2.46. The van der Waals surface area contributed by atoms with E-state index in [4.69, 9.17) is 9.47 Å². The summed E-state index contributed by atoms with van der Waals surface area (Å²) in [4.78, 5) is 37.2. The van der Waals surface area contributed by atoms with Crippen molar-refractivity contribution in [1.82, 2.24) is 0 Å². The van der Waals surface area contributed by atoms with E-state index in [9.17, 15) is 14.4 Å². The van der Waals surface area contributed by atoms with Crippen LogP contribution in [-0.2, 0) is 23.9 Å². The van der Waals surface area contributed by atoms with Crippen LogP contribution in [0.1, 0.15) is 66.7 Å². The fourth-order valence-electron chi connectivity index (χ4n) is 3.11. The van der Waals surface area contributed by atoms with Gasteiger partial charge in [0.05, 0.1) is 19.1 Å². The molecule has 1 atom stereocenters. The Balaban J connectivity index is 3.03. The number of hydrogen-bond donors (Lipinski definition) is 0. The number of ether oxygens (including phenoxy) is 2. The van der Waals surface area contributed by atoms with Crippen molar-refractivity contribution in [3.8, 4) is 0 Å². The summed E-state index contributed by atoms with van der Waals surface area (Å²) in [6.45, 7) is 10.1. The highest BCUT2D eigenvalue weighted by Crippen LogP contribution is 2.43. The lowest BCUT2D eigenvalue weighted by Crippen LogP contribution is -2.41. The Bertz CT molecular complexity index is 516. The Morgan fingerprint density at radius 2 is 1.62 bits per heavy atom. The van der Waals surface area contributed by atoms with Crippen LogP contribution in [0.5, 0.6) is 0 Å². The van der Waals surface area contributed by atoms with Gasteiger partial charge in [-0.3, -0.25) is 9.59 Å². The van der Waals surface area contributed by atoms with Crippen molar-refractivity contribution in [2.45, 2.75) is 66.7 Å². The second-order valence-corrected chi connectivity index (χ2v) is 7.09. The van der Waals surface area contributed by atoms with E-state index in [2.05, 4.69) is 0 Å². The van der Waals surface area contributed by atoms with Crippen LogP contribution >= 0.6 is 0 Å². The molecule has 1 aliphatic rings. The van der Waals surface area contributed by atoms with E-state index in [1.165, 1.54) is 0 Å². The third kappa shape index (κ3) is 4.92. The average molecular weight is 338 g/mol. The van der Waals surface area contributed by atoms with E-state index >= 15 is 0 Å². The van der Waals surface area contributed by atoms with Gasteiger partial charge >= 0.3 is 11.9 Å². The SMILES string of the molecule is CCCCOC(=O)C1=C(C)C(C(=O)OCCCC)C(C)(C)CC1=O. The normalized spacial score (nSPS) is 20.0. The monoisotopic (exact) mass is 338 g/mol. The molecular weight excluding hydrogens is 308 g/mol. The Morgan fingerprint density at radius 3 is 2.17 bits per heavy atom. The van der Waals surface area contributed by atoms with Crippen LogP contribution in [0.2, 0.25) is 0 Å². The van der Waals surface area contributed by atoms with Crippen LogP contribution in [0.15, 0.2) is 11.1 Å². The van der Waals surface area contributed by atoms with Crippen LogP contribution in [0, 0.1) is 11.3 Å². The third-order valence-corrected chi connectivity index (χ3v) is 4.42. The lowest BCUT2D eigenvalue weighted by molar-refractivity contribution is -0.152. The molecule has 24 heavy (non-hydrogen) atoms. The molecule has 5 heteroatoms. The van der Waals surface area contributed by atoms with Gasteiger partial charge in [-0.25, -0.2) is 4.79 Å². The molecule has 0 saturated carbocycles. The number of Topliss-reactive ketones (excluding diaryl/α,β-unsaturated/α-hetero) is 1. The Kier molecular flexibility index (Phi) is 7.64. The van der Waals surface area contributed by atoms with E-state index < -0.39 is 17.3 Å². The minimum atomic E-state index is -0.618. The van der Waals surface area contributed by atoms with Crippen molar-refractivity contribution in [2.75, 3.05) is 13.2 Å². The van der Waals surface area contributed by atoms with E-state index in [0.717, 1.165) is 25.7 Å². The molecule has 1 aliphatic carbocycles. The van der Waals surface area contributed by atoms with Gasteiger partial charge < -0.3 is 9.47 Å². The molecule has 0 aromatic heterocycles. The number of ketones is 1. The maximum Gasteiger partial charge on any atom is 0.341 e. The minimum Gasteiger partial charge on any atom is -0.465 e. The van der Waals surface area contributed by atoms with Crippen LogP contribution in [0.4, 0.5) is 0 Å². The second kappa shape index (κ2) is 9.00. The number of carbonyl (C=O) groups is 3. The van der Waals surface area contributed by atoms with Gasteiger partial charge in [-0.05, 0) is 30.8 Å². The first kappa shape index (κ1) is 20.4. The first-order chi connectivity index (χ1) is 11.3. The summed E-state index contributed by atoms with van der Waals surface area (Å²) < 4.78 is 10.5.